The van der Waals surface area contributed by atoms with Crippen LogP contribution in [0.15, 0.2) is 54.6 Å². The lowest BCUT2D eigenvalue weighted by Crippen LogP contribution is -2.62. The molecule has 1 fully saturated rings. The molecule has 1 saturated carbocycles. The van der Waals surface area contributed by atoms with E-state index in [1.807, 2.05) is 36.4 Å². The largest absolute Gasteiger partial charge is 0.480 e. The van der Waals surface area contributed by atoms with Crippen LogP contribution >= 0.6 is 0 Å². The van der Waals surface area contributed by atoms with Gasteiger partial charge in [0.25, 0.3) is 5.91 Å². The highest BCUT2D eigenvalue weighted by Gasteiger charge is 2.52. The number of carboxylic acids is 1. The molecule has 33 heavy (non-hydrogen) atoms. The number of hydroxylamine groups is 1. The van der Waals surface area contributed by atoms with Crippen molar-refractivity contribution in [2.75, 3.05) is 0 Å². The van der Waals surface area contributed by atoms with Crippen molar-refractivity contribution in [1.29, 1.82) is 0 Å². The second-order valence-electron chi connectivity index (χ2n) is 9.29. The van der Waals surface area contributed by atoms with Crippen LogP contribution in [0.4, 0.5) is 0 Å². The van der Waals surface area contributed by atoms with Crippen molar-refractivity contribution in [3.63, 3.8) is 0 Å². The summed E-state index contributed by atoms with van der Waals surface area (Å²) in [5, 5.41) is 22.8. The molecule has 2 aliphatic carbocycles. The van der Waals surface area contributed by atoms with Gasteiger partial charge in [-0.15, -0.1) is 0 Å². The Morgan fingerprint density at radius 1 is 0.939 bits per heavy atom. The molecule has 4 rings (SSSR count). The highest BCUT2D eigenvalue weighted by atomic mass is 16.5. The molecule has 0 bridgehead atoms. The number of hydrogen-bond acceptors (Lipinski definition) is 4. The van der Waals surface area contributed by atoms with E-state index in [4.69, 9.17) is 5.21 Å². The zero-order chi connectivity index (χ0) is 23.3. The lowest BCUT2D eigenvalue weighted by Gasteiger charge is -2.44. The molecular weight excluding hydrogens is 416 g/mol. The standard InChI is InChI=1S/C27H32N2O4/c30-25(29-33)15-14-19-10-12-20(13-11-19)18-28-27(26(31)32,23-8-2-1-3-9-23)24-16-21-6-4-5-7-22(21)17-24/h4-7,10-15,23-24,28,33H,1-3,8-9,16-18H2,(H,29,30)(H,31,32)/b15-14+/t27-/m0/s1. The van der Waals surface area contributed by atoms with Crippen molar-refractivity contribution in [3.8, 4) is 0 Å². The Balaban J connectivity index is 1.56. The highest BCUT2D eigenvalue weighted by Crippen LogP contribution is 2.43. The van der Waals surface area contributed by atoms with E-state index in [-0.39, 0.29) is 11.8 Å². The molecule has 0 aromatic heterocycles. The van der Waals surface area contributed by atoms with Gasteiger partial charge in [-0.05, 0) is 65.8 Å². The summed E-state index contributed by atoms with van der Waals surface area (Å²) in [5.41, 5.74) is 4.97. The fraction of sp³-hybridized carbons (Fsp3) is 0.407. The van der Waals surface area contributed by atoms with Crippen LogP contribution in [0.2, 0.25) is 0 Å². The zero-order valence-electron chi connectivity index (χ0n) is 18.8. The van der Waals surface area contributed by atoms with Crippen LogP contribution in [0.1, 0.15) is 54.4 Å². The average molecular weight is 449 g/mol. The summed E-state index contributed by atoms with van der Waals surface area (Å²) in [6.07, 6.45) is 9.70. The minimum atomic E-state index is -0.961. The molecule has 174 valence electrons. The van der Waals surface area contributed by atoms with Gasteiger partial charge in [0.15, 0.2) is 0 Å². The monoisotopic (exact) mass is 448 g/mol. The number of rotatable bonds is 8. The Kier molecular flexibility index (Phi) is 7.26. The number of carbonyl (C=O) groups excluding carboxylic acids is 1. The van der Waals surface area contributed by atoms with E-state index in [1.165, 1.54) is 23.6 Å². The van der Waals surface area contributed by atoms with Crippen molar-refractivity contribution >= 4 is 18.0 Å². The third-order valence-corrected chi connectivity index (χ3v) is 7.40. The minimum absolute atomic E-state index is 0.0229. The van der Waals surface area contributed by atoms with Gasteiger partial charge in [0, 0.05) is 12.6 Å². The summed E-state index contributed by atoms with van der Waals surface area (Å²) in [7, 11) is 0. The number of nitrogens with one attached hydrogen (secondary N) is 2. The molecule has 1 amide bonds. The molecule has 2 aromatic carbocycles. The van der Waals surface area contributed by atoms with Crippen LogP contribution < -0.4 is 10.8 Å². The number of carbonyl (C=O) groups is 2. The van der Waals surface area contributed by atoms with Crippen LogP contribution in [0.25, 0.3) is 6.08 Å². The highest BCUT2D eigenvalue weighted by molar-refractivity contribution is 5.90. The summed E-state index contributed by atoms with van der Waals surface area (Å²) in [6, 6.07) is 16.0. The molecule has 0 radical (unpaired) electrons. The van der Waals surface area contributed by atoms with E-state index >= 15 is 0 Å². The molecule has 4 N–H and O–H groups in total. The number of aliphatic carboxylic acids is 1. The summed E-state index contributed by atoms with van der Waals surface area (Å²) in [5.74, 6) is -1.18. The lowest BCUT2D eigenvalue weighted by atomic mass is 9.67. The van der Waals surface area contributed by atoms with Crippen molar-refractivity contribution in [2.45, 2.75) is 57.0 Å². The van der Waals surface area contributed by atoms with E-state index in [9.17, 15) is 14.7 Å². The van der Waals surface area contributed by atoms with Gasteiger partial charge in [-0.2, -0.15) is 0 Å². The minimum Gasteiger partial charge on any atom is -0.480 e. The summed E-state index contributed by atoms with van der Waals surface area (Å²) < 4.78 is 0. The van der Waals surface area contributed by atoms with Gasteiger partial charge in [0.05, 0.1) is 0 Å². The maximum absolute atomic E-state index is 13.0. The number of hydrogen-bond donors (Lipinski definition) is 4. The Morgan fingerprint density at radius 2 is 1.58 bits per heavy atom. The van der Waals surface area contributed by atoms with Crippen molar-refractivity contribution in [2.24, 2.45) is 11.8 Å². The fourth-order valence-electron chi connectivity index (χ4n) is 5.69. The van der Waals surface area contributed by atoms with Crippen molar-refractivity contribution in [1.82, 2.24) is 10.8 Å². The van der Waals surface area contributed by atoms with Crippen LogP contribution in [0.3, 0.4) is 0 Å². The van der Waals surface area contributed by atoms with E-state index in [0.717, 1.165) is 49.7 Å². The Labute approximate surface area is 194 Å². The van der Waals surface area contributed by atoms with E-state index < -0.39 is 17.4 Å². The summed E-state index contributed by atoms with van der Waals surface area (Å²) >= 11 is 0. The van der Waals surface area contributed by atoms with Gasteiger partial charge in [0.2, 0.25) is 0 Å². The molecule has 0 unspecified atom stereocenters. The van der Waals surface area contributed by atoms with E-state index in [1.54, 1.807) is 11.6 Å². The Morgan fingerprint density at radius 3 is 2.15 bits per heavy atom. The predicted octanol–water partition coefficient (Wildman–Crippen LogP) is 4.11. The lowest BCUT2D eigenvalue weighted by molar-refractivity contribution is -0.152. The molecule has 0 aliphatic heterocycles. The van der Waals surface area contributed by atoms with Crippen LogP contribution in [0, 0.1) is 11.8 Å². The van der Waals surface area contributed by atoms with Gasteiger partial charge in [-0.3, -0.25) is 20.1 Å². The maximum Gasteiger partial charge on any atom is 0.324 e. The third-order valence-electron chi connectivity index (χ3n) is 7.40. The Hall–Kier alpha value is -2.96. The van der Waals surface area contributed by atoms with Gasteiger partial charge >= 0.3 is 5.97 Å². The first-order chi connectivity index (χ1) is 16.0. The number of amides is 1. The number of fused-ring (bicyclic) bond motifs is 1. The van der Waals surface area contributed by atoms with Gasteiger partial charge < -0.3 is 5.11 Å². The number of carboxylic acid groups (broad SMARTS) is 1. The van der Waals surface area contributed by atoms with E-state index in [0.29, 0.717) is 6.54 Å². The molecule has 0 spiro atoms. The molecule has 2 aromatic rings. The van der Waals surface area contributed by atoms with Crippen LogP contribution in [-0.2, 0) is 29.0 Å². The maximum atomic E-state index is 13.0. The van der Waals surface area contributed by atoms with Gasteiger partial charge in [-0.25, -0.2) is 5.48 Å². The SMILES string of the molecule is O=C(/C=C/c1ccc(CN[C@@](C(=O)O)(C2CCCCC2)C2Cc3ccccc3C2)cc1)NO. The van der Waals surface area contributed by atoms with Crippen molar-refractivity contribution in [3.05, 3.63) is 76.9 Å². The smallest absolute Gasteiger partial charge is 0.324 e. The van der Waals surface area contributed by atoms with Gasteiger partial charge in [-0.1, -0.05) is 67.8 Å². The molecule has 1 atom stereocenters. The zero-order valence-corrected chi connectivity index (χ0v) is 18.8. The second kappa shape index (κ2) is 10.3. The van der Waals surface area contributed by atoms with Crippen LogP contribution in [-0.4, -0.2) is 27.7 Å². The average Bonchev–Trinajstić information content (AvgIpc) is 3.28. The first kappa shape index (κ1) is 23.2. The van der Waals surface area contributed by atoms with E-state index in [2.05, 4.69) is 17.4 Å². The quantitative estimate of drug-likeness (QED) is 0.277. The molecule has 2 aliphatic rings. The third kappa shape index (κ3) is 5.02. The Bertz CT molecular complexity index is 986. The molecule has 0 heterocycles. The summed E-state index contributed by atoms with van der Waals surface area (Å²) in [4.78, 5) is 24.2. The summed E-state index contributed by atoms with van der Waals surface area (Å²) in [6.45, 7) is 0.469. The topological polar surface area (TPSA) is 98.7 Å². The first-order valence-electron chi connectivity index (χ1n) is 11.8. The molecule has 0 saturated heterocycles. The molecule has 6 heteroatoms. The normalized spacial score (nSPS) is 18.7. The predicted molar refractivity (Wildman–Crippen MR) is 127 cm³/mol. The van der Waals surface area contributed by atoms with Crippen molar-refractivity contribution < 1.29 is 19.9 Å². The van der Waals surface area contributed by atoms with Gasteiger partial charge in [0.1, 0.15) is 5.54 Å². The fourth-order valence-corrected chi connectivity index (χ4v) is 5.69. The first-order valence-corrected chi connectivity index (χ1v) is 11.8. The number of benzene rings is 2. The molecule has 6 nitrogen and oxygen atoms in total. The second-order valence-corrected chi connectivity index (χ2v) is 9.29. The van der Waals surface area contributed by atoms with Crippen LogP contribution in [0.5, 0.6) is 0 Å². The molecular formula is C27H32N2O4.